The van der Waals surface area contributed by atoms with Crippen LogP contribution in [0.4, 0.5) is 22.0 Å². The summed E-state index contributed by atoms with van der Waals surface area (Å²) >= 11 is 2.98. The van der Waals surface area contributed by atoms with E-state index in [0.29, 0.717) is 0 Å². The number of benzene rings is 1. The second-order valence-corrected chi connectivity index (χ2v) is 7.03. The molecule has 3 rings (SSSR count). The summed E-state index contributed by atoms with van der Waals surface area (Å²) in [5, 5.41) is 2.09. The summed E-state index contributed by atoms with van der Waals surface area (Å²) in [5.74, 6) is -1.85. The average Bonchev–Trinajstić information content (AvgIpc) is 2.69. The first-order valence-corrected chi connectivity index (χ1v) is 9.02. The number of nitrogens with zero attached hydrogens (tertiary/aromatic N) is 2. The first kappa shape index (κ1) is 21.2. The van der Waals surface area contributed by atoms with Gasteiger partial charge in [-0.05, 0) is 40.2 Å². The highest BCUT2D eigenvalue weighted by atomic mass is 79.9. The molecule has 1 aromatic heterocycles. The maximum atomic E-state index is 14.3. The van der Waals surface area contributed by atoms with E-state index in [2.05, 4.69) is 31.2 Å². The van der Waals surface area contributed by atoms with Crippen LogP contribution in [0.2, 0.25) is 0 Å². The summed E-state index contributed by atoms with van der Waals surface area (Å²) in [4.78, 5) is 19.9. The molecule has 0 fully saturated rings. The molecule has 0 aliphatic carbocycles. The Morgan fingerprint density at radius 2 is 1.93 bits per heavy atom. The molecule has 5 nitrogen and oxygen atoms in total. The van der Waals surface area contributed by atoms with E-state index >= 15 is 0 Å². The Kier molecular flexibility index (Phi) is 5.87. The number of pyridine rings is 1. The van der Waals surface area contributed by atoms with Crippen LogP contribution in [0.1, 0.15) is 22.5 Å². The Balaban J connectivity index is 2.05. The van der Waals surface area contributed by atoms with E-state index in [9.17, 15) is 26.7 Å². The SMILES string of the molecule is O=C(NC1=N[C@](CF)(c2nc(Br)ccc2F)C[C@@H](C(F)(F)F)O1)c1ccccc1. The number of ether oxygens (including phenoxy) is 1. The summed E-state index contributed by atoms with van der Waals surface area (Å²) in [5.41, 5.74) is -2.84. The van der Waals surface area contributed by atoms with Crippen LogP contribution in [0.15, 0.2) is 52.1 Å². The molecular formula is C18H13BrF5N3O2. The number of aliphatic imine (C=N–C) groups is 1. The lowest BCUT2D eigenvalue weighted by Crippen LogP contribution is -2.50. The zero-order chi connectivity index (χ0) is 21.2. The maximum Gasteiger partial charge on any atom is 0.425 e. The smallest absolute Gasteiger partial charge is 0.425 e. The summed E-state index contributed by atoms with van der Waals surface area (Å²) < 4.78 is 73.5. The van der Waals surface area contributed by atoms with Gasteiger partial charge >= 0.3 is 6.18 Å². The lowest BCUT2D eigenvalue weighted by atomic mass is 9.88. The minimum Gasteiger partial charge on any atom is -0.452 e. The number of hydrogen-bond acceptors (Lipinski definition) is 4. The highest BCUT2D eigenvalue weighted by molar-refractivity contribution is 9.10. The van der Waals surface area contributed by atoms with E-state index in [0.717, 1.165) is 6.07 Å². The highest BCUT2D eigenvalue weighted by Gasteiger charge is 2.53. The molecule has 0 spiro atoms. The summed E-state index contributed by atoms with van der Waals surface area (Å²) in [6, 6.07) is 8.84. The van der Waals surface area contributed by atoms with Gasteiger partial charge in [-0.25, -0.2) is 18.8 Å². The van der Waals surface area contributed by atoms with Crippen molar-refractivity contribution in [3.05, 3.63) is 64.1 Å². The molecule has 0 saturated carbocycles. The van der Waals surface area contributed by atoms with Crippen molar-refractivity contribution in [2.75, 3.05) is 6.67 Å². The fourth-order valence-electron chi connectivity index (χ4n) is 2.79. The third-order valence-corrected chi connectivity index (χ3v) is 4.63. The van der Waals surface area contributed by atoms with Crippen LogP contribution in [-0.2, 0) is 10.3 Å². The number of alkyl halides is 4. The van der Waals surface area contributed by atoms with E-state index < -0.39 is 54.4 Å². The number of carbonyl (C=O) groups excluding carboxylic acids is 1. The van der Waals surface area contributed by atoms with Crippen LogP contribution in [0.25, 0.3) is 0 Å². The van der Waals surface area contributed by atoms with E-state index in [1.54, 1.807) is 18.2 Å². The number of halogens is 6. The van der Waals surface area contributed by atoms with Crippen molar-refractivity contribution in [3.8, 4) is 0 Å². The Labute approximate surface area is 170 Å². The zero-order valence-electron chi connectivity index (χ0n) is 14.5. The summed E-state index contributed by atoms with van der Waals surface area (Å²) in [6.07, 6.45) is -8.48. The predicted molar refractivity (Wildman–Crippen MR) is 96.4 cm³/mol. The van der Waals surface area contributed by atoms with Gasteiger partial charge in [-0.15, -0.1) is 0 Å². The average molecular weight is 478 g/mol. The second-order valence-electron chi connectivity index (χ2n) is 6.22. The van der Waals surface area contributed by atoms with Crippen molar-refractivity contribution >= 4 is 27.9 Å². The molecule has 0 radical (unpaired) electrons. The number of rotatable bonds is 3. The zero-order valence-corrected chi connectivity index (χ0v) is 16.1. The fourth-order valence-corrected chi connectivity index (χ4v) is 3.10. The van der Waals surface area contributed by atoms with Crippen LogP contribution in [0.5, 0.6) is 0 Å². The minimum absolute atomic E-state index is 0.0850. The van der Waals surface area contributed by atoms with Crippen LogP contribution in [0, 0.1) is 5.82 Å². The molecule has 0 bridgehead atoms. The van der Waals surface area contributed by atoms with Crippen molar-refractivity contribution in [1.29, 1.82) is 0 Å². The molecular weight excluding hydrogens is 465 g/mol. The van der Waals surface area contributed by atoms with E-state index in [4.69, 9.17) is 4.74 Å². The quantitative estimate of drug-likeness (QED) is 0.529. The molecule has 0 unspecified atom stereocenters. The van der Waals surface area contributed by atoms with E-state index in [1.807, 2.05) is 0 Å². The molecule has 29 heavy (non-hydrogen) atoms. The molecule has 1 aromatic carbocycles. The van der Waals surface area contributed by atoms with Crippen molar-refractivity contribution in [2.45, 2.75) is 24.2 Å². The number of carbonyl (C=O) groups is 1. The molecule has 11 heteroatoms. The summed E-state index contributed by atoms with van der Waals surface area (Å²) in [6.45, 7) is -1.49. The molecule has 2 aromatic rings. The minimum atomic E-state index is -4.92. The molecule has 1 N–H and O–H groups in total. The highest BCUT2D eigenvalue weighted by Crippen LogP contribution is 2.41. The van der Waals surface area contributed by atoms with Crippen molar-refractivity contribution in [2.24, 2.45) is 4.99 Å². The van der Waals surface area contributed by atoms with Crippen LogP contribution in [0.3, 0.4) is 0 Å². The molecule has 1 aliphatic heterocycles. The van der Waals surface area contributed by atoms with Crippen molar-refractivity contribution in [1.82, 2.24) is 10.3 Å². The lowest BCUT2D eigenvalue weighted by molar-refractivity contribution is -0.209. The van der Waals surface area contributed by atoms with Gasteiger partial charge in [0.15, 0.2) is 6.10 Å². The predicted octanol–water partition coefficient (Wildman–Crippen LogP) is 4.29. The van der Waals surface area contributed by atoms with Gasteiger partial charge in [0.25, 0.3) is 11.9 Å². The second kappa shape index (κ2) is 8.05. The van der Waals surface area contributed by atoms with Gasteiger partial charge in [0.2, 0.25) is 0 Å². The number of amidine groups is 1. The number of aromatic nitrogens is 1. The Morgan fingerprint density at radius 1 is 1.24 bits per heavy atom. The Morgan fingerprint density at radius 3 is 2.55 bits per heavy atom. The van der Waals surface area contributed by atoms with E-state index in [-0.39, 0.29) is 10.2 Å². The van der Waals surface area contributed by atoms with E-state index in [1.165, 1.54) is 18.2 Å². The van der Waals surface area contributed by atoms with Crippen LogP contribution in [-0.4, -0.2) is 35.9 Å². The fraction of sp³-hybridized carbons (Fsp3) is 0.278. The number of nitrogens with one attached hydrogen (secondary N) is 1. The van der Waals surface area contributed by atoms with Gasteiger partial charge in [0.05, 0.1) is 0 Å². The van der Waals surface area contributed by atoms with Gasteiger partial charge in [-0.2, -0.15) is 13.2 Å². The first-order valence-electron chi connectivity index (χ1n) is 8.23. The lowest BCUT2D eigenvalue weighted by Gasteiger charge is -2.36. The van der Waals surface area contributed by atoms with Gasteiger partial charge in [0.1, 0.15) is 28.3 Å². The van der Waals surface area contributed by atoms with Gasteiger partial charge < -0.3 is 4.74 Å². The first-order chi connectivity index (χ1) is 13.6. The molecule has 2 heterocycles. The van der Waals surface area contributed by atoms with Gasteiger partial charge in [-0.1, -0.05) is 18.2 Å². The third-order valence-electron chi connectivity index (χ3n) is 4.19. The van der Waals surface area contributed by atoms with Crippen molar-refractivity contribution in [3.63, 3.8) is 0 Å². The van der Waals surface area contributed by atoms with Gasteiger partial charge in [-0.3, -0.25) is 10.1 Å². The molecule has 0 saturated heterocycles. The molecule has 2 atom stereocenters. The molecule has 1 amide bonds. The standard InChI is InChI=1S/C18H13BrF5N3O2/c19-13-7-6-11(21)14(25-13)17(9-20)8-12(18(22,23)24)29-16(27-17)26-15(28)10-4-2-1-3-5-10/h1-7,12H,8-9H2,(H,26,27,28)/t12-,17+/m0/s1. The molecule has 154 valence electrons. The maximum absolute atomic E-state index is 14.3. The Bertz CT molecular complexity index is 939. The van der Waals surface area contributed by atoms with Crippen molar-refractivity contribution < 1.29 is 31.5 Å². The monoisotopic (exact) mass is 477 g/mol. The summed E-state index contributed by atoms with van der Waals surface area (Å²) in [7, 11) is 0. The number of amides is 1. The van der Waals surface area contributed by atoms with Crippen LogP contribution >= 0.6 is 15.9 Å². The Hall–Kier alpha value is -2.56. The normalized spacial score (nSPS) is 21.9. The topological polar surface area (TPSA) is 63.6 Å². The van der Waals surface area contributed by atoms with Crippen LogP contribution < -0.4 is 5.32 Å². The third kappa shape index (κ3) is 4.55. The van der Waals surface area contributed by atoms with Gasteiger partial charge in [0, 0.05) is 12.0 Å². The molecule has 1 aliphatic rings. The number of hydrogen-bond donors (Lipinski definition) is 1. The largest absolute Gasteiger partial charge is 0.452 e.